The fourth-order valence-electron chi connectivity index (χ4n) is 3.86. The number of benzodiazepines with no additional fused rings is 1. The first-order valence-corrected chi connectivity index (χ1v) is 10.0. The van der Waals surface area contributed by atoms with Crippen molar-refractivity contribution in [1.29, 1.82) is 10.8 Å². The molecule has 1 unspecified atom stereocenters. The SMILES string of the molecule is C=C(CC1N=C(c2ccccc2)c2ccccc2N(C(C)=N)C1=N)CC(C)(C)C. The lowest BCUT2D eigenvalue weighted by molar-refractivity contribution is 0.404. The fourth-order valence-corrected chi connectivity index (χ4v) is 3.86. The van der Waals surface area contributed by atoms with Crippen LogP contribution in [0.5, 0.6) is 0 Å². The standard InChI is InChI=1S/C25H30N4/c1-17(16-25(3,4)5)15-21-24(27)29(18(2)26)22-14-10-9-13-20(22)23(28-21)19-11-7-6-8-12-19/h6-14,21,26-27H,1,15-16H2,2-5H3. The van der Waals surface area contributed by atoms with E-state index in [4.69, 9.17) is 15.8 Å². The highest BCUT2D eigenvalue weighted by molar-refractivity contribution is 6.26. The number of anilines is 1. The lowest BCUT2D eigenvalue weighted by Gasteiger charge is -2.27. The minimum Gasteiger partial charge on any atom is -0.288 e. The molecule has 0 amide bonds. The molecule has 0 saturated heterocycles. The molecule has 0 radical (unpaired) electrons. The van der Waals surface area contributed by atoms with E-state index in [0.29, 0.717) is 18.1 Å². The normalized spacial score (nSPS) is 16.7. The van der Waals surface area contributed by atoms with E-state index in [-0.39, 0.29) is 11.5 Å². The Morgan fingerprint density at radius 1 is 1.07 bits per heavy atom. The number of benzene rings is 2. The minimum atomic E-state index is -0.382. The fraction of sp³-hybridized carbons (Fsp3) is 0.320. The first kappa shape index (κ1) is 20.7. The van der Waals surface area contributed by atoms with Gasteiger partial charge < -0.3 is 0 Å². The summed E-state index contributed by atoms with van der Waals surface area (Å²) in [7, 11) is 0. The van der Waals surface area contributed by atoms with Crippen molar-refractivity contribution in [2.75, 3.05) is 4.90 Å². The summed E-state index contributed by atoms with van der Waals surface area (Å²) >= 11 is 0. The van der Waals surface area contributed by atoms with E-state index >= 15 is 0 Å². The molecule has 2 aromatic rings. The first-order chi connectivity index (χ1) is 13.7. The number of para-hydroxylation sites is 1. The Labute approximate surface area is 174 Å². The Morgan fingerprint density at radius 3 is 2.31 bits per heavy atom. The van der Waals surface area contributed by atoms with Crippen LogP contribution in [0.15, 0.2) is 71.7 Å². The van der Waals surface area contributed by atoms with E-state index in [0.717, 1.165) is 34.5 Å². The van der Waals surface area contributed by atoms with Crippen LogP contribution in [-0.2, 0) is 0 Å². The molecule has 0 saturated carbocycles. The van der Waals surface area contributed by atoms with Gasteiger partial charge in [-0.2, -0.15) is 0 Å². The Balaban J connectivity index is 2.13. The van der Waals surface area contributed by atoms with Crippen LogP contribution in [0.1, 0.15) is 51.7 Å². The average Bonchev–Trinajstić information content (AvgIpc) is 2.76. The van der Waals surface area contributed by atoms with Crippen LogP contribution in [-0.4, -0.2) is 23.4 Å². The molecule has 1 heterocycles. The van der Waals surface area contributed by atoms with Gasteiger partial charge in [0, 0.05) is 11.1 Å². The van der Waals surface area contributed by atoms with Gasteiger partial charge in [0.25, 0.3) is 0 Å². The smallest absolute Gasteiger partial charge is 0.132 e. The number of hydrogen-bond donors (Lipinski definition) is 2. The van der Waals surface area contributed by atoms with Crippen molar-refractivity contribution in [3.05, 3.63) is 77.9 Å². The predicted octanol–water partition coefficient (Wildman–Crippen LogP) is 6.07. The van der Waals surface area contributed by atoms with Gasteiger partial charge in [-0.05, 0) is 31.2 Å². The second-order valence-electron chi connectivity index (χ2n) is 8.87. The maximum absolute atomic E-state index is 8.92. The number of nitrogens with zero attached hydrogens (tertiary/aromatic N) is 2. The van der Waals surface area contributed by atoms with Gasteiger partial charge in [-0.1, -0.05) is 81.5 Å². The highest BCUT2D eigenvalue weighted by Crippen LogP contribution is 2.32. The highest BCUT2D eigenvalue weighted by atomic mass is 15.2. The van der Waals surface area contributed by atoms with Gasteiger partial charge in [0.2, 0.25) is 0 Å². The van der Waals surface area contributed by atoms with Gasteiger partial charge in [0.05, 0.1) is 11.4 Å². The lowest BCUT2D eigenvalue weighted by atomic mass is 9.86. The zero-order valence-electron chi connectivity index (χ0n) is 17.8. The van der Waals surface area contributed by atoms with Crippen molar-refractivity contribution in [1.82, 2.24) is 0 Å². The van der Waals surface area contributed by atoms with Crippen LogP contribution in [0.2, 0.25) is 0 Å². The monoisotopic (exact) mass is 386 g/mol. The van der Waals surface area contributed by atoms with Gasteiger partial charge in [-0.15, -0.1) is 0 Å². The zero-order chi connectivity index (χ0) is 21.2. The molecule has 1 aliphatic rings. The molecule has 4 heteroatoms. The van der Waals surface area contributed by atoms with Crippen molar-refractivity contribution >= 4 is 23.1 Å². The van der Waals surface area contributed by atoms with Gasteiger partial charge in [-0.3, -0.25) is 20.7 Å². The van der Waals surface area contributed by atoms with Crippen LogP contribution in [0.3, 0.4) is 0 Å². The molecule has 150 valence electrons. The number of amidine groups is 2. The van der Waals surface area contributed by atoms with E-state index in [9.17, 15) is 0 Å². The van der Waals surface area contributed by atoms with Gasteiger partial charge in [-0.25, -0.2) is 0 Å². The Kier molecular flexibility index (Phi) is 5.83. The van der Waals surface area contributed by atoms with E-state index < -0.39 is 0 Å². The van der Waals surface area contributed by atoms with Crippen LogP contribution in [0.4, 0.5) is 5.69 Å². The number of rotatable bonds is 4. The van der Waals surface area contributed by atoms with Gasteiger partial charge in [0.15, 0.2) is 0 Å². The number of fused-ring (bicyclic) bond motifs is 1. The quantitative estimate of drug-likeness (QED) is 0.374. The van der Waals surface area contributed by atoms with Crippen molar-refractivity contribution in [3.8, 4) is 0 Å². The van der Waals surface area contributed by atoms with Crippen molar-refractivity contribution < 1.29 is 0 Å². The van der Waals surface area contributed by atoms with Gasteiger partial charge >= 0.3 is 0 Å². The van der Waals surface area contributed by atoms with Gasteiger partial charge in [0.1, 0.15) is 17.7 Å². The van der Waals surface area contributed by atoms with Crippen LogP contribution in [0, 0.1) is 16.2 Å². The Hall–Kier alpha value is -3.01. The summed E-state index contributed by atoms with van der Waals surface area (Å²) in [6.45, 7) is 12.6. The maximum atomic E-state index is 8.92. The van der Waals surface area contributed by atoms with E-state index in [1.807, 2.05) is 54.6 Å². The van der Waals surface area contributed by atoms with E-state index in [1.54, 1.807) is 11.8 Å². The summed E-state index contributed by atoms with van der Waals surface area (Å²) in [5, 5.41) is 17.3. The molecule has 0 bridgehead atoms. The predicted molar refractivity (Wildman–Crippen MR) is 124 cm³/mol. The molecular formula is C25H30N4. The molecule has 29 heavy (non-hydrogen) atoms. The molecule has 0 aliphatic carbocycles. The summed E-state index contributed by atoms with van der Waals surface area (Å²) in [6, 6.07) is 17.6. The second kappa shape index (κ2) is 8.16. The third-order valence-corrected chi connectivity index (χ3v) is 4.89. The molecule has 4 nitrogen and oxygen atoms in total. The summed E-state index contributed by atoms with van der Waals surface area (Å²) < 4.78 is 0. The highest BCUT2D eigenvalue weighted by Gasteiger charge is 2.31. The lowest BCUT2D eigenvalue weighted by Crippen LogP contribution is -2.40. The molecular weight excluding hydrogens is 356 g/mol. The summed E-state index contributed by atoms with van der Waals surface area (Å²) in [6.07, 6.45) is 1.48. The van der Waals surface area contributed by atoms with Crippen molar-refractivity contribution in [3.63, 3.8) is 0 Å². The second-order valence-corrected chi connectivity index (χ2v) is 8.87. The molecule has 0 spiro atoms. The largest absolute Gasteiger partial charge is 0.288 e. The topological polar surface area (TPSA) is 63.3 Å². The molecule has 1 aliphatic heterocycles. The van der Waals surface area contributed by atoms with Crippen LogP contribution < -0.4 is 4.90 Å². The third-order valence-electron chi connectivity index (χ3n) is 4.89. The number of nitrogens with one attached hydrogen (secondary N) is 2. The summed E-state index contributed by atoms with van der Waals surface area (Å²) in [5.74, 6) is 0.643. The Bertz CT molecular complexity index is 964. The Morgan fingerprint density at radius 2 is 1.69 bits per heavy atom. The third kappa shape index (κ3) is 4.70. The molecule has 2 aromatic carbocycles. The summed E-state index contributed by atoms with van der Waals surface area (Å²) in [5.41, 5.74) is 4.87. The average molecular weight is 387 g/mol. The minimum absolute atomic E-state index is 0.135. The molecule has 2 N–H and O–H groups in total. The summed E-state index contributed by atoms with van der Waals surface area (Å²) in [4.78, 5) is 6.78. The molecule has 0 fully saturated rings. The van der Waals surface area contributed by atoms with Crippen LogP contribution >= 0.6 is 0 Å². The number of hydrogen-bond acceptors (Lipinski definition) is 3. The molecule has 0 aromatic heterocycles. The van der Waals surface area contributed by atoms with Crippen LogP contribution in [0.25, 0.3) is 0 Å². The van der Waals surface area contributed by atoms with Crippen molar-refractivity contribution in [2.24, 2.45) is 10.4 Å². The first-order valence-electron chi connectivity index (χ1n) is 10.0. The van der Waals surface area contributed by atoms with Crippen molar-refractivity contribution in [2.45, 2.75) is 46.6 Å². The van der Waals surface area contributed by atoms with E-state index in [1.165, 1.54) is 0 Å². The number of aliphatic imine (C=N–C) groups is 1. The van der Waals surface area contributed by atoms with E-state index in [2.05, 4.69) is 27.4 Å². The maximum Gasteiger partial charge on any atom is 0.132 e. The molecule has 1 atom stereocenters. The zero-order valence-corrected chi connectivity index (χ0v) is 17.8. The molecule has 3 rings (SSSR count).